The molecule has 2 N–H and O–H groups in total. The van der Waals surface area contributed by atoms with Gasteiger partial charge in [-0.15, -0.1) is 0 Å². The molecule has 1 aliphatic heterocycles. The van der Waals surface area contributed by atoms with Crippen molar-refractivity contribution in [2.75, 3.05) is 0 Å². The van der Waals surface area contributed by atoms with Crippen molar-refractivity contribution < 1.29 is 5.11 Å². The zero-order valence-electron chi connectivity index (χ0n) is 15.6. The number of aromatic hydroxyl groups is 1. The Morgan fingerprint density at radius 1 is 1.11 bits per heavy atom. The molecule has 140 valence electrons. The van der Waals surface area contributed by atoms with Crippen molar-refractivity contribution in [2.45, 2.75) is 20.4 Å². The van der Waals surface area contributed by atoms with E-state index >= 15 is 0 Å². The van der Waals surface area contributed by atoms with Crippen LogP contribution in [0.1, 0.15) is 29.2 Å². The summed E-state index contributed by atoms with van der Waals surface area (Å²) in [5.41, 5.74) is 3.89. The van der Waals surface area contributed by atoms with E-state index in [2.05, 4.69) is 9.98 Å². The van der Waals surface area contributed by atoms with Crippen LogP contribution in [0, 0.1) is 6.92 Å². The topological polar surface area (TPSA) is 87.4 Å². The molecule has 1 aromatic heterocycles. The summed E-state index contributed by atoms with van der Waals surface area (Å²) in [6.07, 6.45) is 1.60. The molecule has 2 heterocycles. The van der Waals surface area contributed by atoms with Gasteiger partial charge in [0, 0.05) is 16.8 Å². The second kappa shape index (κ2) is 6.81. The summed E-state index contributed by atoms with van der Waals surface area (Å²) in [5.74, 6) is -0.362. The minimum absolute atomic E-state index is 0.0365. The largest absolute Gasteiger partial charge is 0.494 e. The Labute approximate surface area is 161 Å². The van der Waals surface area contributed by atoms with Crippen molar-refractivity contribution in [2.24, 2.45) is 4.99 Å². The minimum atomic E-state index is -0.651. The zero-order valence-corrected chi connectivity index (χ0v) is 15.6. The maximum Gasteiger partial charge on any atom is 0.331 e. The molecule has 2 aromatic carbocycles. The van der Waals surface area contributed by atoms with Gasteiger partial charge in [0.15, 0.2) is 0 Å². The van der Waals surface area contributed by atoms with Gasteiger partial charge in [0.25, 0.3) is 5.56 Å². The van der Waals surface area contributed by atoms with Gasteiger partial charge in [-0.2, -0.15) is 0 Å². The monoisotopic (exact) mass is 373 g/mol. The van der Waals surface area contributed by atoms with E-state index in [9.17, 15) is 14.7 Å². The third kappa shape index (κ3) is 3.09. The first-order valence-electron chi connectivity index (χ1n) is 8.92. The predicted molar refractivity (Wildman–Crippen MR) is 110 cm³/mol. The fourth-order valence-electron chi connectivity index (χ4n) is 3.34. The molecule has 0 saturated carbocycles. The number of H-pyrrole nitrogens is 1. The van der Waals surface area contributed by atoms with Crippen LogP contribution in [0.15, 0.2) is 63.1 Å². The van der Waals surface area contributed by atoms with Gasteiger partial charge in [-0.05, 0) is 37.6 Å². The van der Waals surface area contributed by atoms with Gasteiger partial charge in [0.2, 0.25) is 5.88 Å². The molecule has 0 atom stereocenters. The lowest BCUT2D eigenvalue weighted by atomic mass is 9.99. The highest BCUT2D eigenvalue weighted by atomic mass is 16.3. The lowest BCUT2D eigenvalue weighted by molar-refractivity contribution is 0.408. The molecule has 6 heteroatoms. The van der Waals surface area contributed by atoms with Crippen LogP contribution in [0.4, 0.5) is 5.69 Å². The summed E-state index contributed by atoms with van der Waals surface area (Å²) in [7, 11) is 0. The fraction of sp³-hybridized carbons (Fsp3) is 0.136. The molecule has 0 aliphatic carbocycles. The Bertz CT molecular complexity index is 1250. The fourth-order valence-corrected chi connectivity index (χ4v) is 3.34. The SMILES string of the molecule is CC1=Nc2ccc(C)cc2C1=Cc1c(O)n(Cc2ccccc2)c(=O)[nH]c1=O. The van der Waals surface area contributed by atoms with Gasteiger partial charge < -0.3 is 5.11 Å². The Balaban J connectivity index is 1.86. The average Bonchev–Trinajstić information content (AvgIpc) is 2.97. The van der Waals surface area contributed by atoms with Crippen LogP contribution in [0.5, 0.6) is 5.88 Å². The first-order valence-corrected chi connectivity index (χ1v) is 8.92. The highest BCUT2D eigenvalue weighted by Gasteiger charge is 2.20. The maximum atomic E-state index is 12.4. The number of hydrogen-bond acceptors (Lipinski definition) is 4. The van der Waals surface area contributed by atoms with Crippen molar-refractivity contribution in [3.63, 3.8) is 0 Å². The smallest absolute Gasteiger partial charge is 0.331 e. The van der Waals surface area contributed by atoms with Crippen LogP contribution < -0.4 is 11.2 Å². The molecule has 0 radical (unpaired) electrons. The van der Waals surface area contributed by atoms with E-state index in [1.54, 1.807) is 6.08 Å². The van der Waals surface area contributed by atoms with Gasteiger partial charge >= 0.3 is 5.69 Å². The van der Waals surface area contributed by atoms with Gasteiger partial charge in [-0.3, -0.25) is 19.3 Å². The van der Waals surface area contributed by atoms with Crippen LogP contribution in [0.3, 0.4) is 0 Å². The molecule has 28 heavy (non-hydrogen) atoms. The van der Waals surface area contributed by atoms with Crippen molar-refractivity contribution in [1.29, 1.82) is 0 Å². The number of nitrogens with zero attached hydrogens (tertiary/aromatic N) is 2. The number of nitrogens with one attached hydrogen (secondary N) is 1. The van der Waals surface area contributed by atoms with Crippen molar-refractivity contribution in [3.8, 4) is 5.88 Å². The highest BCUT2D eigenvalue weighted by Crippen LogP contribution is 2.36. The number of benzene rings is 2. The number of hydrogen-bond donors (Lipinski definition) is 2. The molecule has 6 nitrogen and oxygen atoms in total. The molecule has 0 fully saturated rings. The van der Waals surface area contributed by atoms with E-state index in [1.807, 2.05) is 62.4 Å². The standard InChI is InChI=1S/C22H19N3O3/c1-13-8-9-19-17(10-13)16(14(2)23-19)11-18-20(26)24-22(28)25(21(18)27)12-15-6-4-3-5-7-15/h3-11,27H,12H2,1-2H3,(H,24,26,28). The van der Waals surface area contributed by atoms with Crippen molar-refractivity contribution in [1.82, 2.24) is 9.55 Å². The molecule has 0 amide bonds. The van der Waals surface area contributed by atoms with Crippen LogP contribution >= 0.6 is 0 Å². The molecule has 0 unspecified atom stereocenters. The number of fused-ring (bicyclic) bond motifs is 1. The number of aryl methyl sites for hydroxylation is 1. The number of rotatable bonds is 3. The summed E-state index contributed by atoms with van der Waals surface area (Å²) in [4.78, 5) is 31.5. The molecule has 0 spiro atoms. The Morgan fingerprint density at radius 3 is 2.61 bits per heavy atom. The first-order chi connectivity index (χ1) is 13.4. The number of aliphatic imine (C=N–C) groups is 1. The molecule has 0 bridgehead atoms. The second-order valence-corrected chi connectivity index (χ2v) is 6.84. The van der Waals surface area contributed by atoms with Gasteiger partial charge in [-0.1, -0.05) is 42.0 Å². The minimum Gasteiger partial charge on any atom is -0.494 e. The van der Waals surface area contributed by atoms with Crippen LogP contribution in [-0.2, 0) is 6.54 Å². The van der Waals surface area contributed by atoms with Gasteiger partial charge in [-0.25, -0.2) is 4.79 Å². The summed E-state index contributed by atoms with van der Waals surface area (Å²) >= 11 is 0. The lowest BCUT2D eigenvalue weighted by Crippen LogP contribution is -2.31. The molecule has 3 aromatic rings. The van der Waals surface area contributed by atoms with E-state index in [4.69, 9.17) is 0 Å². The third-order valence-electron chi connectivity index (χ3n) is 4.80. The number of aromatic nitrogens is 2. The molecular weight excluding hydrogens is 354 g/mol. The Kier molecular flexibility index (Phi) is 4.31. The normalized spacial score (nSPS) is 14.2. The second-order valence-electron chi connectivity index (χ2n) is 6.84. The first kappa shape index (κ1) is 17.7. The van der Waals surface area contributed by atoms with Crippen molar-refractivity contribution >= 4 is 23.0 Å². The summed E-state index contributed by atoms with van der Waals surface area (Å²) in [6, 6.07) is 15.2. The average molecular weight is 373 g/mol. The van der Waals surface area contributed by atoms with Crippen LogP contribution in [0.2, 0.25) is 0 Å². The van der Waals surface area contributed by atoms with Crippen LogP contribution in [0.25, 0.3) is 11.6 Å². The number of aromatic amines is 1. The van der Waals surface area contributed by atoms with E-state index in [0.717, 1.165) is 38.2 Å². The molecule has 1 aliphatic rings. The van der Waals surface area contributed by atoms with Crippen LogP contribution in [-0.4, -0.2) is 20.4 Å². The molecular formula is C22H19N3O3. The summed E-state index contributed by atoms with van der Waals surface area (Å²) in [5, 5.41) is 10.7. The van der Waals surface area contributed by atoms with Gasteiger partial charge in [0.05, 0.1) is 12.2 Å². The lowest BCUT2D eigenvalue weighted by Gasteiger charge is -2.11. The molecule has 4 rings (SSSR count). The van der Waals surface area contributed by atoms with E-state index in [0.29, 0.717) is 0 Å². The maximum absolute atomic E-state index is 12.4. The zero-order chi connectivity index (χ0) is 19.8. The third-order valence-corrected chi connectivity index (χ3v) is 4.80. The Hall–Kier alpha value is -3.67. The van der Waals surface area contributed by atoms with Gasteiger partial charge in [0.1, 0.15) is 5.56 Å². The van der Waals surface area contributed by atoms with E-state index < -0.39 is 11.2 Å². The summed E-state index contributed by atoms with van der Waals surface area (Å²) < 4.78 is 1.15. The summed E-state index contributed by atoms with van der Waals surface area (Å²) in [6.45, 7) is 3.99. The Morgan fingerprint density at radius 2 is 1.86 bits per heavy atom. The predicted octanol–water partition coefficient (Wildman–Crippen LogP) is 3.25. The molecule has 0 saturated heterocycles. The van der Waals surface area contributed by atoms with Crippen molar-refractivity contribution in [3.05, 3.63) is 91.6 Å². The quantitative estimate of drug-likeness (QED) is 0.739. The highest BCUT2D eigenvalue weighted by molar-refractivity contribution is 6.31. The number of allylic oxidation sites excluding steroid dienone is 1. The van der Waals surface area contributed by atoms with E-state index in [-0.39, 0.29) is 18.0 Å². The van der Waals surface area contributed by atoms with E-state index in [1.165, 1.54) is 0 Å².